The van der Waals surface area contributed by atoms with Crippen LogP contribution in [0.2, 0.25) is 5.15 Å². The molecular weight excluding hydrogens is 284 g/mol. The first kappa shape index (κ1) is 14.1. The maximum Gasteiger partial charge on any atom is 0.223 e. The van der Waals surface area contributed by atoms with Gasteiger partial charge in [0, 0.05) is 18.7 Å². The molecule has 21 heavy (non-hydrogen) atoms. The first-order valence-electron chi connectivity index (χ1n) is 7.33. The molecule has 2 aromatic rings. The lowest BCUT2D eigenvalue weighted by Gasteiger charge is -2.26. The molecule has 2 N–H and O–H groups in total. The Kier molecular flexibility index (Phi) is 4.25. The van der Waals surface area contributed by atoms with E-state index in [0.29, 0.717) is 11.2 Å². The standard InChI is InChI=1S/C16H19ClN4/c17-14-11-15(20-16(18)19-14)21-10-4-7-13(21)9-8-12-5-2-1-3-6-12/h1-3,5-6,11,13H,4,7-10H2,(H2,18,19,20)/t13-/m0/s1. The van der Waals surface area contributed by atoms with Crippen LogP contribution in [0.25, 0.3) is 0 Å². The van der Waals surface area contributed by atoms with E-state index in [0.717, 1.165) is 25.2 Å². The van der Waals surface area contributed by atoms with Gasteiger partial charge in [0.2, 0.25) is 5.95 Å². The van der Waals surface area contributed by atoms with E-state index in [1.54, 1.807) is 6.07 Å². The number of aromatic nitrogens is 2. The predicted molar refractivity (Wildman–Crippen MR) is 86.6 cm³/mol. The van der Waals surface area contributed by atoms with Crippen LogP contribution in [-0.2, 0) is 6.42 Å². The van der Waals surface area contributed by atoms with Gasteiger partial charge < -0.3 is 10.6 Å². The summed E-state index contributed by atoms with van der Waals surface area (Å²) in [6.45, 7) is 1.01. The van der Waals surface area contributed by atoms with Crippen molar-refractivity contribution in [2.24, 2.45) is 0 Å². The molecule has 1 aliphatic heterocycles. The molecule has 1 saturated heterocycles. The van der Waals surface area contributed by atoms with E-state index in [2.05, 4.69) is 45.2 Å². The molecule has 1 aromatic heterocycles. The maximum absolute atomic E-state index is 5.99. The first-order chi connectivity index (χ1) is 10.2. The zero-order chi connectivity index (χ0) is 14.7. The quantitative estimate of drug-likeness (QED) is 0.880. The van der Waals surface area contributed by atoms with Gasteiger partial charge in [-0.25, -0.2) is 4.98 Å². The van der Waals surface area contributed by atoms with Crippen LogP contribution in [0.5, 0.6) is 0 Å². The Bertz CT molecular complexity index is 582. The highest BCUT2D eigenvalue weighted by Gasteiger charge is 2.25. The molecule has 110 valence electrons. The number of aryl methyl sites for hydroxylation is 1. The minimum absolute atomic E-state index is 0.242. The van der Waals surface area contributed by atoms with Crippen molar-refractivity contribution in [3.8, 4) is 0 Å². The van der Waals surface area contributed by atoms with Crippen LogP contribution in [0.15, 0.2) is 36.4 Å². The Morgan fingerprint density at radius 1 is 1.24 bits per heavy atom. The van der Waals surface area contributed by atoms with Gasteiger partial charge in [0.15, 0.2) is 0 Å². The van der Waals surface area contributed by atoms with Crippen molar-refractivity contribution in [3.05, 3.63) is 47.1 Å². The van der Waals surface area contributed by atoms with E-state index in [-0.39, 0.29) is 5.95 Å². The summed E-state index contributed by atoms with van der Waals surface area (Å²) in [5, 5.41) is 0.409. The molecule has 1 aliphatic rings. The fourth-order valence-corrected chi connectivity index (χ4v) is 3.17. The molecule has 0 bridgehead atoms. The number of benzene rings is 1. The second-order valence-electron chi connectivity index (χ2n) is 5.42. The van der Waals surface area contributed by atoms with Crippen LogP contribution in [-0.4, -0.2) is 22.6 Å². The lowest BCUT2D eigenvalue weighted by Crippen LogP contribution is -2.30. The molecule has 4 nitrogen and oxygen atoms in total. The average Bonchev–Trinajstić information content (AvgIpc) is 2.93. The molecule has 2 heterocycles. The molecule has 1 fully saturated rings. The van der Waals surface area contributed by atoms with Gasteiger partial charge in [-0.2, -0.15) is 4.98 Å². The van der Waals surface area contributed by atoms with Crippen molar-refractivity contribution in [2.75, 3.05) is 17.2 Å². The Balaban J connectivity index is 1.70. The van der Waals surface area contributed by atoms with E-state index in [9.17, 15) is 0 Å². The summed E-state index contributed by atoms with van der Waals surface area (Å²) in [4.78, 5) is 10.6. The highest BCUT2D eigenvalue weighted by atomic mass is 35.5. The molecule has 0 spiro atoms. The largest absolute Gasteiger partial charge is 0.368 e. The van der Waals surface area contributed by atoms with Crippen LogP contribution in [0.1, 0.15) is 24.8 Å². The number of nitrogens with zero attached hydrogens (tertiary/aromatic N) is 3. The fraction of sp³-hybridized carbons (Fsp3) is 0.375. The monoisotopic (exact) mass is 302 g/mol. The van der Waals surface area contributed by atoms with Crippen LogP contribution in [0.4, 0.5) is 11.8 Å². The molecule has 5 heteroatoms. The number of halogens is 1. The van der Waals surface area contributed by atoms with E-state index in [1.807, 2.05) is 0 Å². The number of nitrogens with two attached hydrogens (primary N) is 1. The van der Waals surface area contributed by atoms with Gasteiger partial charge in [0.25, 0.3) is 0 Å². The minimum atomic E-state index is 0.242. The van der Waals surface area contributed by atoms with Crippen LogP contribution in [0.3, 0.4) is 0 Å². The van der Waals surface area contributed by atoms with Gasteiger partial charge in [0.05, 0.1) is 0 Å². The zero-order valence-electron chi connectivity index (χ0n) is 11.9. The van der Waals surface area contributed by atoms with Crippen molar-refractivity contribution in [1.82, 2.24) is 9.97 Å². The van der Waals surface area contributed by atoms with Gasteiger partial charge in [-0.3, -0.25) is 0 Å². The normalized spacial score (nSPS) is 18.1. The van der Waals surface area contributed by atoms with E-state index >= 15 is 0 Å². The van der Waals surface area contributed by atoms with E-state index in [4.69, 9.17) is 17.3 Å². The lowest BCUT2D eigenvalue weighted by molar-refractivity contribution is 0.606. The van der Waals surface area contributed by atoms with Crippen molar-refractivity contribution in [1.29, 1.82) is 0 Å². The van der Waals surface area contributed by atoms with Crippen molar-refractivity contribution in [2.45, 2.75) is 31.7 Å². The Labute approximate surface area is 130 Å². The van der Waals surface area contributed by atoms with Gasteiger partial charge in [-0.1, -0.05) is 41.9 Å². The topological polar surface area (TPSA) is 55.0 Å². The predicted octanol–water partition coefficient (Wildman–Crippen LogP) is 3.31. The number of hydrogen-bond donors (Lipinski definition) is 1. The van der Waals surface area contributed by atoms with Crippen LogP contribution < -0.4 is 10.6 Å². The fourth-order valence-electron chi connectivity index (χ4n) is 2.99. The number of anilines is 2. The Hall–Kier alpha value is -1.81. The van der Waals surface area contributed by atoms with Crippen molar-refractivity contribution in [3.63, 3.8) is 0 Å². The van der Waals surface area contributed by atoms with Crippen molar-refractivity contribution < 1.29 is 0 Å². The van der Waals surface area contributed by atoms with Gasteiger partial charge >= 0.3 is 0 Å². The Morgan fingerprint density at radius 3 is 2.81 bits per heavy atom. The summed E-state index contributed by atoms with van der Waals surface area (Å²) in [5.74, 6) is 1.09. The Morgan fingerprint density at radius 2 is 2.05 bits per heavy atom. The average molecular weight is 303 g/mol. The molecular formula is C16H19ClN4. The third kappa shape index (κ3) is 3.45. The summed E-state index contributed by atoms with van der Waals surface area (Å²) >= 11 is 5.99. The molecule has 0 amide bonds. The molecule has 0 unspecified atom stereocenters. The molecule has 1 aromatic carbocycles. The second-order valence-corrected chi connectivity index (χ2v) is 5.81. The second kappa shape index (κ2) is 6.31. The van der Waals surface area contributed by atoms with Crippen LogP contribution in [0, 0.1) is 0 Å². The summed E-state index contributed by atoms with van der Waals surface area (Å²) in [6.07, 6.45) is 4.57. The number of hydrogen-bond acceptors (Lipinski definition) is 4. The molecule has 0 aliphatic carbocycles. The lowest BCUT2D eigenvalue weighted by atomic mass is 10.0. The minimum Gasteiger partial charge on any atom is -0.368 e. The summed E-state index contributed by atoms with van der Waals surface area (Å²) in [5.41, 5.74) is 7.08. The molecule has 3 rings (SSSR count). The van der Waals surface area contributed by atoms with E-state index in [1.165, 1.54) is 18.4 Å². The highest BCUT2D eigenvalue weighted by Crippen LogP contribution is 2.28. The highest BCUT2D eigenvalue weighted by molar-refractivity contribution is 6.29. The van der Waals surface area contributed by atoms with E-state index < -0.39 is 0 Å². The summed E-state index contributed by atoms with van der Waals surface area (Å²) in [7, 11) is 0. The summed E-state index contributed by atoms with van der Waals surface area (Å²) in [6, 6.07) is 12.9. The maximum atomic E-state index is 5.99. The zero-order valence-corrected chi connectivity index (χ0v) is 12.6. The summed E-state index contributed by atoms with van der Waals surface area (Å²) < 4.78 is 0. The van der Waals surface area contributed by atoms with Gasteiger partial charge in [0.1, 0.15) is 11.0 Å². The first-order valence-corrected chi connectivity index (χ1v) is 7.71. The number of nitrogen functional groups attached to an aromatic ring is 1. The molecule has 0 radical (unpaired) electrons. The SMILES string of the molecule is Nc1nc(Cl)cc(N2CCC[C@H]2CCc2ccccc2)n1. The third-order valence-electron chi connectivity index (χ3n) is 3.98. The third-order valence-corrected chi connectivity index (χ3v) is 4.17. The van der Waals surface area contributed by atoms with Crippen LogP contribution >= 0.6 is 11.6 Å². The van der Waals surface area contributed by atoms with Gasteiger partial charge in [-0.05, 0) is 31.2 Å². The van der Waals surface area contributed by atoms with Crippen molar-refractivity contribution >= 4 is 23.4 Å². The number of rotatable bonds is 4. The van der Waals surface area contributed by atoms with Gasteiger partial charge in [-0.15, -0.1) is 0 Å². The molecule has 1 atom stereocenters. The smallest absolute Gasteiger partial charge is 0.223 e. The molecule has 0 saturated carbocycles.